The number of hydrogen-bond donors (Lipinski definition) is 0. The maximum Gasteiger partial charge on any atom is 0.329 e. The lowest BCUT2D eigenvalue weighted by molar-refractivity contribution is 0.242. The molecule has 8 heteroatoms. The van der Waals surface area contributed by atoms with Crippen LogP contribution in [0.1, 0.15) is 19.3 Å². The molecule has 1 spiro atoms. The van der Waals surface area contributed by atoms with E-state index in [-0.39, 0.29) is 11.2 Å². The van der Waals surface area contributed by atoms with Crippen LogP contribution in [0.2, 0.25) is 0 Å². The highest BCUT2D eigenvalue weighted by molar-refractivity contribution is 6.09. The normalized spacial score (nSPS) is 16.0. The van der Waals surface area contributed by atoms with Crippen molar-refractivity contribution in [2.45, 2.75) is 24.8 Å². The summed E-state index contributed by atoms with van der Waals surface area (Å²) in [6.07, 6.45) is 6.46. The van der Waals surface area contributed by atoms with Gasteiger partial charge in [-0.25, -0.2) is 9.78 Å². The first-order valence-electron chi connectivity index (χ1n) is 11.4. The zero-order valence-corrected chi connectivity index (χ0v) is 19.2. The summed E-state index contributed by atoms with van der Waals surface area (Å²) in [5.74, 6) is 1.39. The molecular weight excluding hydrogens is 418 g/mol. The van der Waals surface area contributed by atoms with Gasteiger partial charge in [0.25, 0.3) is 0 Å². The number of pyridine rings is 2. The van der Waals surface area contributed by atoms with E-state index in [0.29, 0.717) is 19.1 Å². The first kappa shape index (κ1) is 20.2. The molecule has 0 radical (unpaired) electrons. The number of fused-ring (bicyclic) bond motifs is 1. The fourth-order valence-electron chi connectivity index (χ4n) is 4.83. The third-order valence-electron chi connectivity index (χ3n) is 6.84. The standard InChI is InChI=1S/C25H27N5O3/c1-28(2)11-4-12-32-20-8-5-16(13-27-20)17-6-7-18-21-22-19(14-26-18)29(3)24(31)30(22)25(9-10-25)15-33-23(17)21/h5-8,13-14H,4,9-12,15H2,1-3H3. The fourth-order valence-corrected chi connectivity index (χ4v) is 4.83. The molecule has 1 aromatic carbocycles. The van der Waals surface area contributed by atoms with E-state index < -0.39 is 0 Å². The Morgan fingerprint density at radius 2 is 2.00 bits per heavy atom. The summed E-state index contributed by atoms with van der Waals surface area (Å²) >= 11 is 0. The molecule has 8 nitrogen and oxygen atoms in total. The zero-order valence-electron chi connectivity index (χ0n) is 19.2. The van der Waals surface area contributed by atoms with Crippen LogP contribution in [-0.4, -0.2) is 57.9 Å². The number of benzene rings is 1. The molecule has 1 aliphatic heterocycles. The highest BCUT2D eigenvalue weighted by Crippen LogP contribution is 2.50. The van der Waals surface area contributed by atoms with E-state index in [2.05, 4.69) is 29.0 Å². The first-order valence-corrected chi connectivity index (χ1v) is 11.4. The van der Waals surface area contributed by atoms with E-state index in [9.17, 15) is 4.79 Å². The predicted molar refractivity (Wildman–Crippen MR) is 127 cm³/mol. The number of rotatable bonds is 6. The molecular formula is C25H27N5O3. The molecule has 170 valence electrons. The highest BCUT2D eigenvalue weighted by atomic mass is 16.5. The Kier molecular flexibility index (Phi) is 4.48. The van der Waals surface area contributed by atoms with Gasteiger partial charge in [-0.2, -0.15) is 0 Å². The van der Waals surface area contributed by atoms with E-state index in [4.69, 9.17) is 9.47 Å². The molecule has 1 saturated carbocycles. The van der Waals surface area contributed by atoms with Crippen LogP contribution < -0.4 is 15.2 Å². The molecule has 0 bridgehead atoms. The first-order chi connectivity index (χ1) is 16.0. The Balaban J connectivity index is 1.43. The fraction of sp³-hybridized carbons (Fsp3) is 0.400. The molecule has 0 unspecified atom stereocenters. The number of nitrogens with zero attached hydrogens (tertiary/aromatic N) is 5. The van der Waals surface area contributed by atoms with Crippen molar-refractivity contribution in [3.05, 3.63) is 47.1 Å². The Bertz CT molecular complexity index is 1430. The molecule has 2 aliphatic rings. The zero-order chi connectivity index (χ0) is 22.7. The second-order valence-corrected chi connectivity index (χ2v) is 9.41. The molecule has 0 saturated heterocycles. The van der Waals surface area contributed by atoms with Crippen molar-refractivity contribution in [2.24, 2.45) is 7.05 Å². The molecule has 0 atom stereocenters. The van der Waals surface area contributed by atoms with Gasteiger partial charge in [-0.3, -0.25) is 14.1 Å². The van der Waals surface area contributed by atoms with Crippen molar-refractivity contribution in [1.29, 1.82) is 0 Å². The Morgan fingerprint density at radius 1 is 1.15 bits per heavy atom. The van der Waals surface area contributed by atoms with Gasteiger partial charge in [0, 0.05) is 37.0 Å². The van der Waals surface area contributed by atoms with E-state index in [0.717, 1.165) is 64.6 Å². The summed E-state index contributed by atoms with van der Waals surface area (Å²) in [6, 6.07) is 7.94. The van der Waals surface area contributed by atoms with Crippen molar-refractivity contribution in [3.63, 3.8) is 0 Å². The van der Waals surface area contributed by atoms with Crippen LogP contribution in [0.25, 0.3) is 33.1 Å². The predicted octanol–water partition coefficient (Wildman–Crippen LogP) is 3.16. The van der Waals surface area contributed by atoms with Crippen molar-refractivity contribution >= 4 is 21.9 Å². The van der Waals surface area contributed by atoms with Crippen LogP contribution in [0, 0.1) is 0 Å². The van der Waals surface area contributed by atoms with Crippen LogP contribution in [0.15, 0.2) is 41.5 Å². The van der Waals surface area contributed by atoms with Crippen molar-refractivity contribution in [3.8, 4) is 22.8 Å². The van der Waals surface area contributed by atoms with Gasteiger partial charge in [-0.1, -0.05) is 0 Å². The summed E-state index contributed by atoms with van der Waals surface area (Å²) in [7, 11) is 5.92. The minimum absolute atomic E-state index is 0.00362. The number of aromatic nitrogens is 4. The van der Waals surface area contributed by atoms with Gasteiger partial charge in [0.15, 0.2) is 0 Å². The molecule has 33 heavy (non-hydrogen) atoms. The molecule has 4 heterocycles. The van der Waals surface area contributed by atoms with Gasteiger partial charge in [0.05, 0.1) is 40.3 Å². The highest BCUT2D eigenvalue weighted by Gasteiger charge is 2.49. The lowest BCUT2D eigenvalue weighted by Crippen LogP contribution is -2.34. The van der Waals surface area contributed by atoms with Gasteiger partial charge in [-0.05, 0) is 51.6 Å². The van der Waals surface area contributed by atoms with E-state index in [1.807, 2.05) is 42.1 Å². The minimum Gasteiger partial charge on any atom is -0.490 e. The summed E-state index contributed by atoms with van der Waals surface area (Å²) < 4.78 is 15.9. The number of imidazole rings is 1. The largest absolute Gasteiger partial charge is 0.490 e. The summed E-state index contributed by atoms with van der Waals surface area (Å²) in [6.45, 7) is 2.09. The van der Waals surface area contributed by atoms with E-state index >= 15 is 0 Å². The quantitative estimate of drug-likeness (QED) is 0.425. The van der Waals surface area contributed by atoms with Crippen LogP contribution in [-0.2, 0) is 12.6 Å². The van der Waals surface area contributed by atoms with Gasteiger partial charge < -0.3 is 14.4 Å². The lowest BCUT2D eigenvalue weighted by atomic mass is 10.0. The van der Waals surface area contributed by atoms with Gasteiger partial charge in [0.2, 0.25) is 5.88 Å². The summed E-state index contributed by atoms with van der Waals surface area (Å²) in [5.41, 5.74) is 4.22. The maximum atomic E-state index is 13.2. The molecule has 0 amide bonds. The molecule has 1 aliphatic carbocycles. The number of ether oxygens (including phenoxy) is 2. The maximum absolute atomic E-state index is 13.2. The SMILES string of the molecule is CN(C)CCCOc1ccc(-c2ccc3ncc4c5c3c2OCC2(CC2)n5c(=O)n4C)cn1. The summed E-state index contributed by atoms with van der Waals surface area (Å²) in [5, 5.41) is 0.899. The molecule has 4 aromatic rings. The minimum atomic E-state index is -0.260. The Hall–Kier alpha value is -3.39. The van der Waals surface area contributed by atoms with E-state index in [1.54, 1.807) is 10.8 Å². The average molecular weight is 446 g/mol. The molecule has 3 aromatic heterocycles. The monoisotopic (exact) mass is 445 g/mol. The Labute approximate surface area is 191 Å². The molecule has 1 fully saturated rings. The van der Waals surface area contributed by atoms with Gasteiger partial charge >= 0.3 is 5.69 Å². The average Bonchev–Trinajstić information content (AvgIpc) is 3.57. The second kappa shape index (κ2) is 7.31. The topological polar surface area (TPSA) is 74.4 Å². The third-order valence-corrected chi connectivity index (χ3v) is 6.84. The van der Waals surface area contributed by atoms with E-state index in [1.165, 1.54) is 0 Å². The van der Waals surface area contributed by atoms with Crippen LogP contribution >= 0.6 is 0 Å². The number of hydrogen-bond acceptors (Lipinski definition) is 6. The van der Waals surface area contributed by atoms with Crippen molar-refractivity contribution < 1.29 is 9.47 Å². The van der Waals surface area contributed by atoms with Crippen LogP contribution in [0.4, 0.5) is 0 Å². The molecule has 0 N–H and O–H groups in total. The van der Waals surface area contributed by atoms with Crippen LogP contribution in [0.5, 0.6) is 11.6 Å². The molecule has 6 rings (SSSR count). The van der Waals surface area contributed by atoms with Crippen LogP contribution in [0.3, 0.4) is 0 Å². The smallest absolute Gasteiger partial charge is 0.329 e. The Morgan fingerprint density at radius 3 is 2.73 bits per heavy atom. The second-order valence-electron chi connectivity index (χ2n) is 9.41. The van der Waals surface area contributed by atoms with Gasteiger partial charge in [-0.15, -0.1) is 0 Å². The third kappa shape index (κ3) is 3.12. The van der Waals surface area contributed by atoms with Crippen molar-refractivity contribution in [2.75, 3.05) is 33.9 Å². The lowest BCUT2D eigenvalue weighted by Gasteiger charge is -2.16. The van der Waals surface area contributed by atoms with Gasteiger partial charge in [0.1, 0.15) is 12.4 Å². The van der Waals surface area contributed by atoms with Crippen molar-refractivity contribution in [1.82, 2.24) is 24.0 Å². The summed E-state index contributed by atoms with van der Waals surface area (Å²) in [4.78, 5) is 24.5. The number of aryl methyl sites for hydroxylation is 1.